The van der Waals surface area contributed by atoms with Gasteiger partial charge in [-0.05, 0) is 50.5 Å². The van der Waals surface area contributed by atoms with Crippen LogP contribution < -0.4 is 16.0 Å². The highest BCUT2D eigenvalue weighted by atomic mass is 16.5. The Hall–Kier alpha value is -2.60. The topological polar surface area (TPSA) is 77.5 Å². The lowest BCUT2D eigenvalue weighted by Gasteiger charge is -2.09. The number of hydrazine groups is 1. The molecule has 2 heterocycles. The molecule has 0 amide bonds. The summed E-state index contributed by atoms with van der Waals surface area (Å²) in [6.07, 6.45) is 3.12. The average Bonchev–Trinajstić information content (AvgIpc) is 3.19. The minimum Gasteiger partial charge on any atom is -0.494 e. The van der Waals surface area contributed by atoms with Crippen LogP contribution in [0.25, 0.3) is 16.9 Å². The normalized spacial score (nSPS) is 13.3. The second-order valence-corrected chi connectivity index (χ2v) is 5.64. The molecule has 0 saturated heterocycles. The van der Waals surface area contributed by atoms with Crippen molar-refractivity contribution in [2.75, 3.05) is 12.0 Å². The van der Waals surface area contributed by atoms with Crippen LogP contribution in [0.5, 0.6) is 5.75 Å². The van der Waals surface area contributed by atoms with Gasteiger partial charge >= 0.3 is 0 Å². The highest BCUT2D eigenvalue weighted by molar-refractivity contribution is 5.67. The summed E-state index contributed by atoms with van der Waals surface area (Å²) in [7, 11) is 0. The Labute approximate surface area is 134 Å². The molecule has 3 N–H and O–H groups in total. The second-order valence-electron chi connectivity index (χ2n) is 5.64. The number of aryl methyl sites for hydroxylation is 1. The minimum atomic E-state index is 0.661. The Bertz CT molecular complexity index is 854. The Morgan fingerprint density at radius 1 is 1.26 bits per heavy atom. The fourth-order valence-corrected chi connectivity index (χ4v) is 3.17. The monoisotopic (exact) mass is 309 g/mol. The summed E-state index contributed by atoms with van der Waals surface area (Å²) >= 11 is 0. The van der Waals surface area contributed by atoms with Crippen molar-refractivity contribution in [2.24, 2.45) is 5.84 Å². The molecular weight excluding hydrogens is 290 g/mol. The molecule has 0 radical (unpaired) electrons. The van der Waals surface area contributed by atoms with Crippen LogP contribution in [0.3, 0.4) is 0 Å². The van der Waals surface area contributed by atoms with Crippen LogP contribution in [-0.4, -0.2) is 21.2 Å². The van der Waals surface area contributed by atoms with Gasteiger partial charge in [-0.3, -0.25) is 0 Å². The first-order valence-corrected chi connectivity index (χ1v) is 7.91. The molecule has 23 heavy (non-hydrogen) atoms. The molecule has 6 heteroatoms. The van der Waals surface area contributed by atoms with Crippen LogP contribution in [0.1, 0.15) is 24.6 Å². The summed E-state index contributed by atoms with van der Waals surface area (Å²) in [4.78, 5) is 4.74. The summed E-state index contributed by atoms with van der Waals surface area (Å²) in [5.41, 5.74) is 7.84. The van der Waals surface area contributed by atoms with Gasteiger partial charge in [-0.25, -0.2) is 10.8 Å². The van der Waals surface area contributed by atoms with E-state index in [1.54, 1.807) is 4.52 Å². The van der Waals surface area contributed by atoms with Crippen LogP contribution in [0, 0.1) is 0 Å². The van der Waals surface area contributed by atoms with Crippen molar-refractivity contribution in [2.45, 2.75) is 26.2 Å². The molecule has 6 nitrogen and oxygen atoms in total. The first kappa shape index (κ1) is 14.0. The Balaban J connectivity index is 1.80. The standard InChI is InChI=1S/C17H19N5O/c1-2-23-12-8-6-11(7-9-12)15-10-16-19-14-5-3-4-13(14)17(20-18)22(16)21-15/h6-10,20H,2-5,18H2,1H3. The number of anilines is 1. The molecule has 1 aliphatic carbocycles. The van der Waals surface area contributed by atoms with Crippen molar-refractivity contribution in [1.29, 1.82) is 0 Å². The number of ether oxygens (including phenoxy) is 1. The summed E-state index contributed by atoms with van der Waals surface area (Å²) in [6.45, 7) is 2.64. The number of rotatable bonds is 4. The SMILES string of the molecule is CCOc1ccc(-c2cc3nc4c(c(NN)n3n2)CCC4)cc1. The maximum Gasteiger partial charge on any atom is 0.158 e. The molecule has 1 aliphatic rings. The van der Waals surface area contributed by atoms with Gasteiger partial charge in [0.15, 0.2) is 5.65 Å². The van der Waals surface area contributed by atoms with Gasteiger partial charge in [-0.15, -0.1) is 0 Å². The van der Waals surface area contributed by atoms with Crippen LogP contribution >= 0.6 is 0 Å². The molecule has 118 valence electrons. The van der Waals surface area contributed by atoms with Gasteiger partial charge in [-0.1, -0.05) is 0 Å². The Morgan fingerprint density at radius 3 is 2.83 bits per heavy atom. The molecule has 4 rings (SSSR count). The number of nitrogen functional groups attached to an aromatic ring is 1. The van der Waals surface area contributed by atoms with E-state index in [4.69, 9.17) is 15.6 Å². The maximum absolute atomic E-state index is 5.73. The van der Waals surface area contributed by atoms with Crippen LogP contribution in [0.15, 0.2) is 30.3 Å². The predicted octanol–water partition coefficient (Wildman–Crippen LogP) is 2.57. The third kappa shape index (κ3) is 2.31. The summed E-state index contributed by atoms with van der Waals surface area (Å²) < 4.78 is 7.28. The average molecular weight is 309 g/mol. The van der Waals surface area contributed by atoms with Gasteiger partial charge in [0.1, 0.15) is 11.6 Å². The minimum absolute atomic E-state index is 0.661. The van der Waals surface area contributed by atoms with E-state index in [1.807, 2.05) is 37.3 Å². The predicted molar refractivity (Wildman–Crippen MR) is 89.4 cm³/mol. The molecule has 1 aromatic carbocycles. The lowest BCUT2D eigenvalue weighted by atomic mass is 10.1. The van der Waals surface area contributed by atoms with Crippen molar-refractivity contribution < 1.29 is 4.74 Å². The smallest absolute Gasteiger partial charge is 0.158 e. The van der Waals surface area contributed by atoms with Crippen LogP contribution in [0.2, 0.25) is 0 Å². The largest absolute Gasteiger partial charge is 0.494 e. The summed E-state index contributed by atoms with van der Waals surface area (Å²) in [5.74, 6) is 7.44. The highest BCUT2D eigenvalue weighted by Crippen LogP contribution is 2.30. The third-order valence-corrected chi connectivity index (χ3v) is 4.22. The maximum atomic E-state index is 5.73. The van der Waals surface area contributed by atoms with E-state index in [2.05, 4.69) is 10.5 Å². The Kier molecular flexibility index (Phi) is 3.38. The van der Waals surface area contributed by atoms with Crippen molar-refractivity contribution in [3.63, 3.8) is 0 Å². The van der Waals surface area contributed by atoms with Gasteiger partial charge in [0.2, 0.25) is 0 Å². The molecule has 0 fully saturated rings. The number of nitrogens with zero attached hydrogens (tertiary/aromatic N) is 3. The van der Waals surface area contributed by atoms with E-state index < -0.39 is 0 Å². The number of hydrogen-bond donors (Lipinski definition) is 2. The molecule has 0 atom stereocenters. The molecule has 0 bridgehead atoms. The van der Waals surface area contributed by atoms with Crippen molar-refractivity contribution in [3.8, 4) is 17.0 Å². The number of nitrogens with one attached hydrogen (secondary N) is 1. The molecule has 2 aromatic heterocycles. The fourth-order valence-electron chi connectivity index (χ4n) is 3.17. The number of aromatic nitrogens is 3. The van der Waals surface area contributed by atoms with Gasteiger partial charge < -0.3 is 10.2 Å². The van der Waals surface area contributed by atoms with Crippen LogP contribution in [-0.2, 0) is 12.8 Å². The van der Waals surface area contributed by atoms with Gasteiger partial charge in [0, 0.05) is 22.9 Å². The van der Waals surface area contributed by atoms with Crippen molar-refractivity contribution in [3.05, 3.63) is 41.6 Å². The summed E-state index contributed by atoms with van der Waals surface area (Å²) in [5, 5.41) is 4.68. The number of nitrogens with two attached hydrogens (primary N) is 1. The van der Waals surface area contributed by atoms with E-state index in [0.29, 0.717) is 6.61 Å². The number of fused-ring (bicyclic) bond motifs is 2. The molecule has 0 aliphatic heterocycles. The molecule has 0 spiro atoms. The summed E-state index contributed by atoms with van der Waals surface area (Å²) in [6, 6.07) is 9.93. The number of benzene rings is 1. The third-order valence-electron chi connectivity index (χ3n) is 4.22. The molecule has 3 aromatic rings. The van der Waals surface area contributed by atoms with Gasteiger partial charge in [0.05, 0.1) is 12.3 Å². The van der Waals surface area contributed by atoms with Crippen LogP contribution in [0.4, 0.5) is 5.82 Å². The quantitative estimate of drug-likeness (QED) is 0.572. The lowest BCUT2D eigenvalue weighted by molar-refractivity contribution is 0.340. The Morgan fingerprint density at radius 2 is 2.09 bits per heavy atom. The van der Waals surface area contributed by atoms with E-state index in [9.17, 15) is 0 Å². The van der Waals surface area contributed by atoms with Crippen molar-refractivity contribution >= 4 is 11.5 Å². The van der Waals surface area contributed by atoms with E-state index in [-0.39, 0.29) is 0 Å². The first-order valence-electron chi connectivity index (χ1n) is 7.91. The zero-order chi connectivity index (χ0) is 15.8. The molecule has 0 unspecified atom stereocenters. The van der Waals surface area contributed by atoms with Gasteiger partial charge in [0.25, 0.3) is 0 Å². The van der Waals surface area contributed by atoms with E-state index in [1.165, 1.54) is 5.56 Å². The first-order chi connectivity index (χ1) is 11.3. The van der Waals surface area contributed by atoms with Gasteiger partial charge in [-0.2, -0.15) is 9.61 Å². The zero-order valence-electron chi connectivity index (χ0n) is 13.0. The van der Waals surface area contributed by atoms with Crippen molar-refractivity contribution in [1.82, 2.24) is 14.6 Å². The zero-order valence-corrected chi connectivity index (χ0v) is 13.0. The molecule has 0 saturated carbocycles. The second kappa shape index (κ2) is 5.55. The number of hydrogen-bond acceptors (Lipinski definition) is 5. The van der Waals surface area contributed by atoms with E-state index >= 15 is 0 Å². The van der Waals surface area contributed by atoms with E-state index in [0.717, 1.165) is 53.4 Å². The highest BCUT2D eigenvalue weighted by Gasteiger charge is 2.21. The molecular formula is C17H19N5O. The lowest BCUT2D eigenvalue weighted by Crippen LogP contribution is -2.15. The fraction of sp³-hybridized carbons (Fsp3) is 0.294.